The number of hydrogen-bond donors (Lipinski definition) is 2. The van der Waals surface area contributed by atoms with Crippen LogP contribution in [-0.4, -0.2) is 71.2 Å². The van der Waals surface area contributed by atoms with Gasteiger partial charge in [-0.05, 0) is 97.9 Å². The number of allylic oxidation sites excluding steroid dienone is 2. The fraction of sp³-hybridized carbons (Fsp3) is 0.488. The van der Waals surface area contributed by atoms with E-state index in [2.05, 4.69) is 21.9 Å². The standard InChI is InChI=1S/C41H55F4N5O4/c1-11-21-53-22-23-54-33-18-15-29(35(42)36(33)43)25-50(13-3)49(10)41(19-14-20-41)37(51)27(4)38(52)48-32-17-16-30(39(6,7)44)24-31(32)28(5)46-26-47-34(12-2)40(8,9)45/h12-13,15-18,24,26,51H,3,11,14,19-23,25H2,1-2,4-10H3,(H,48,52)/b34-12-,37-27-,46-28+,47-26-. The Labute approximate surface area is 317 Å². The zero-order valence-electron chi connectivity index (χ0n) is 33.0. The normalized spacial score (nSPS) is 15.6. The van der Waals surface area contributed by atoms with Crippen LogP contribution >= 0.6 is 0 Å². The number of amides is 1. The van der Waals surface area contributed by atoms with Crippen LogP contribution in [0.25, 0.3) is 0 Å². The number of anilines is 1. The van der Waals surface area contributed by atoms with Gasteiger partial charge in [0.25, 0.3) is 5.91 Å². The minimum Gasteiger partial charge on any atom is -0.510 e. The molecule has 2 aromatic carbocycles. The first-order valence-electron chi connectivity index (χ1n) is 18.1. The van der Waals surface area contributed by atoms with Gasteiger partial charge in [-0.15, -0.1) is 0 Å². The zero-order valence-corrected chi connectivity index (χ0v) is 33.0. The molecule has 13 heteroatoms. The van der Waals surface area contributed by atoms with E-state index >= 15 is 8.78 Å². The SMILES string of the molecule is C=CN(Cc1ccc(OCCOCCC)c(F)c1F)N(C)C1(/C(O)=C(\C)C(=O)Nc2ccc(C(C)(C)F)cc2/C(C)=N/C=N\C(=C/C)C(C)(C)F)CCC1. The Hall–Kier alpha value is -4.49. The largest absolute Gasteiger partial charge is 0.510 e. The number of likely N-dealkylation sites (N-methyl/N-ethyl adjacent to an activating group) is 1. The number of benzene rings is 2. The number of nitrogens with one attached hydrogen (secondary N) is 1. The molecule has 2 N–H and O–H groups in total. The molecule has 1 fully saturated rings. The van der Waals surface area contributed by atoms with Crippen molar-refractivity contribution in [3.05, 3.63) is 94.5 Å². The fourth-order valence-corrected chi connectivity index (χ4v) is 6.01. The molecule has 0 heterocycles. The van der Waals surface area contributed by atoms with Crippen molar-refractivity contribution in [3.8, 4) is 5.75 Å². The Morgan fingerprint density at radius 1 is 1.07 bits per heavy atom. The molecule has 0 aliphatic heterocycles. The molecular weight excluding hydrogens is 702 g/mol. The van der Waals surface area contributed by atoms with Crippen molar-refractivity contribution >= 4 is 23.6 Å². The van der Waals surface area contributed by atoms with E-state index in [1.54, 1.807) is 55.2 Å². The molecule has 9 nitrogen and oxygen atoms in total. The number of halogens is 4. The number of hydrogen-bond acceptors (Lipinski definition) is 7. The second kappa shape index (κ2) is 18.7. The van der Waals surface area contributed by atoms with Crippen LogP contribution in [0.2, 0.25) is 0 Å². The predicted octanol–water partition coefficient (Wildman–Crippen LogP) is 9.65. The number of rotatable bonds is 19. The predicted molar refractivity (Wildman–Crippen MR) is 207 cm³/mol. The number of aliphatic hydroxyl groups excluding tert-OH is 1. The molecule has 296 valence electrons. The lowest BCUT2D eigenvalue weighted by molar-refractivity contribution is -0.115. The van der Waals surface area contributed by atoms with E-state index in [1.165, 1.54) is 59.3 Å². The lowest BCUT2D eigenvalue weighted by Crippen LogP contribution is -2.59. The lowest BCUT2D eigenvalue weighted by Gasteiger charge is -2.52. The number of aliphatic hydroxyl groups is 1. The number of carbonyl (C=O) groups is 1. The average molecular weight is 758 g/mol. The van der Waals surface area contributed by atoms with Crippen molar-refractivity contribution in [2.45, 2.75) is 104 Å². The molecule has 0 atom stereocenters. The van der Waals surface area contributed by atoms with Crippen molar-refractivity contribution in [2.75, 3.05) is 32.2 Å². The molecule has 54 heavy (non-hydrogen) atoms. The Morgan fingerprint density at radius 2 is 1.76 bits per heavy atom. The first kappa shape index (κ1) is 43.9. The minimum atomic E-state index is -1.71. The van der Waals surface area contributed by atoms with Crippen LogP contribution < -0.4 is 10.1 Å². The average Bonchev–Trinajstić information content (AvgIpc) is 3.09. The van der Waals surface area contributed by atoms with Crippen LogP contribution in [0.3, 0.4) is 0 Å². The molecule has 2 aromatic rings. The molecule has 0 aromatic heterocycles. The Bertz CT molecular complexity index is 1770. The van der Waals surface area contributed by atoms with Crippen LogP contribution in [0.5, 0.6) is 5.75 Å². The van der Waals surface area contributed by atoms with Gasteiger partial charge < -0.3 is 24.9 Å². The van der Waals surface area contributed by atoms with Gasteiger partial charge in [0.1, 0.15) is 30.0 Å². The second-order valence-electron chi connectivity index (χ2n) is 14.3. The van der Waals surface area contributed by atoms with Gasteiger partial charge in [-0.3, -0.25) is 4.79 Å². The summed E-state index contributed by atoms with van der Waals surface area (Å²) in [4.78, 5) is 22.3. The first-order chi connectivity index (χ1) is 25.3. The van der Waals surface area contributed by atoms with Crippen molar-refractivity contribution in [1.82, 2.24) is 10.0 Å². The molecule has 1 amide bonds. The quantitative estimate of drug-likeness (QED) is 0.0282. The van der Waals surface area contributed by atoms with E-state index in [0.29, 0.717) is 42.0 Å². The Balaban J connectivity index is 1.89. The second-order valence-corrected chi connectivity index (χ2v) is 14.3. The number of alkyl halides is 2. The Kier molecular flexibility index (Phi) is 15.2. The summed E-state index contributed by atoms with van der Waals surface area (Å²) in [5, 5.41) is 17.8. The van der Waals surface area contributed by atoms with Crippen LogP contribution in [0.15, 0.2) is 76.2 Å². The highest BCUT2D eigenvalue weighted by molar-refractivity contribution is 6.11. The summed E-state index contributed by atoms with van der Waals surface area (Å²) < 4.78 is 70.5. The smallest absolute Gasteiger partial charge is 0.254 e. The first-order valence-corrected chi connectivity index (χ1v) is 18.1. The highest BCUT2D eigenvalue weighted by Crippen LogP contribution is 2.44. The van der Waals surface area contributed by atoms with Gasteiger partial charge in [0.05, 0.1) is 35.6 Å². The topological polar surface area (TPSA) is 99.0 Å². The molecule has 0 saturated heterocycles. The van der Waals surface area contributed by atoms with Gasteiger partial charge in [0.2, 0.25) is 5.82 Å². The molecular formula is C41H55F4N5O4. The van der Waals surface area contributed by atoms with Crippen molar-refractivity contribution in [3.63, 3.8) is 0 Å². The fourth-order valence-electron chi connectivity index (χ4n) is 6.01. The summed E-state index contributed by atoms with van der Waals surface area (Å²) in [5.74, 6) is -3.24. The molecule has 0 spiro atoms. The summed E-state index contributed by atoms with van der Waals surface area (Å²) in [5.41, 5.74) is -2.79. The van der Waals surface area contributed by atoms with Gasteiger partial charge >= 0.3 is 0 Å². The molecule has 0 radical (unpaired) electrons. The third kappa shape index (κ3) is 10.6. The van der Waals surface area contributed by atoms with Crippen molar-refractivity contribution in [1.29, 1.82) is 0 Å². The minimum absolute atomic E-state index is 0.0205. The van der Waals surface area contributed by atoms with Gasteiger partial charge in [-0.2, -0.15) is 4.39 Å². The van der Waals surface area contributed by atoms with Crippen LogP contribution in [-0.2, 0) is 21.7 Å². The number of aliphatic imine (C=N–C) groups is 2. The van der Waals surface area contributed by atoms with Crippen molar-refractivity contribution < 1.29 is 36.9 Å². The van der Waals surface area contributed by atoms with Crippen LogP contribution in [0, 0.1) is 11.6 Å². The molecule has 1 aliphatic rings. The third-order valence-electron chi connectivity index (χ3n) is 9.50. The van der Waals surface area contributed by atoms with E-state index < -0.39 is 34.4 Å². The molecule has 0 bridgehead atoms. The van der Waals surface area contributed by atoms with Gasteiger partial charge in [0, 0.05) is 36.7 Å². The summed E-state index contributed by atoms with van der Waals surface area (Å²) in [6.07, 6.45) is 6.69. The van der Waals surface area contributed by atoms with Gasteiger partial charge in [-0.25, -0.2) is 28.2 Å². The van der Waals surface area contributed by atoms with Gasteiger partial charge in [0.15, 0.2) is 11.6 Å². The van der Waals surface area contributed by atoms with Crippen LogP contribution in [0.1, 0.15) is 97.8 Å². The van der Waals surface area contributed by atoms with Crippen LogP contribution in [0.4, 0.5) is 23.2 Å². The van der Waals surface area contributed by atoms with Crippen molar-refractivity contribution in [2.24, 2.45) is 9.98 Å². The molecule has 0 unspecified atom stereocenters. The number of hydrazine groups is 1. The number of nitrogens with zero attached hydrogens (tertiary/aromatic N) is 4. The summed E-state index contributed by atoms with van der Waals surface area (Å²) >= 11 is 0. The maximum absolute atomic E-state index is 15.3. The van der Waals surface area contributed by atoms with E-state index in [4.69, 9.17) is 9.47 Å². The van der Waals surface area contributed by atoms with E-state index in [0.717, 1.165) is 12.8 Å². The lowest BCUT2D eigenvalue weighted by atomic mass is 9.73. The summed E-state index contributed by atoms with van der Waals surface area (Å²) in [6.45, 7) is 17.0. The summed E-state index contributed by atoms with van der Waals surface area (Å²) in [6, 6.07) is 7.47. The molecule has 1 aliphatic carbocycles. The zero-order chi connectivity index (χ0) is 40.4. The van der Waals surface area contributed by atoms with Gasteiger partial charge in [-0.1, -0.05) is 31.7 Å². The maximum Gasteiger partial charge on any atom is 0.254 e. The Morgan fingerprint density at radius 3 is 2.31 bits per heavy atom. The van der Waals surface area contributed by atoms with E-state index in [-0.39, 0.29) is 48.1 Å². The highest BCUT2D eigenvalue weighted by atomic mass is 19.2. The third-order valence-corrected chi connectivity index (χ3v) is 9.50. The maximum atomic E-state index is 15.3. The number of carbonyl (C=O) groups excluding carboxylic acids is 1. The molecule has 3 rings (SSSR count). The number of ether oxygens (including phenoxy) is 2. The summed E-state index contributed by atoms with van der Waals surface area (Å²) in [7, 11) is 1.68. The monoisotopic (exact) mass is 757 g/mol. The van der Waals surface area contributed by atoms with E-state index in [9.17, 15) is 18.7 Å². The van der Waals surface area contributed by atoms with E-state index in [1.807, 2.05) is 6.92 Å². The molecule has 1 saturated carbocycles. The highest BCUT2D eigenvalue weighted by Gasteiger charge is 2.48.